The molecule has 0 saturated heterocycles. The van der Waals surface area contributed by atoms with Gasteiger partial charge in [-0.15, -0.1) is 23.2 Å². The normalized spacial score (nSPS) is 18.1. The smallest absolute Gasteiger partial charge is 0.316 e. The van der Waals surface area contributed by atoms with Crippen LogP contribution in [0.4, 0.5) is 0 Å². The topological polar surface area (TPSA) is 163 Å². The third-order valence-electron chi connectivity index (χ3n) is 2.68. The first-order valence-corrected chi connectivity index (χ1v) is 8.97. The van der Waals surface area contributed by atoms with Gasteiger partial charge in [-0.2, -0.15) is 22.7 Å². The molecule has 0 unspecified atom stereocenters. The lowest BCUT2D eigenvalue weighted by molar-refractivity contribution is -0.0999. The second kappa shape index (κ2) is 11.3. The Balaban J connectivity index is 4.71. The Morgan fingerprint density at radius 1 is 1.09 bits per heavy atom. The monoisotopic (exact) mass is 397 g/mol. The standard InChI is InChI=1S/C10H21Cl2N3O7S/c11-1-3-15(4-2-12)23(21,22)14-13-5-7(17)9(19)10(20)8(18)6-16/h5,7-10,14,16-20H,1-4,6H2/b13-5-/t7-,8+,9+,10+/m0/s1. The quantitative estimate of drug-likeness (QED) is 0.116. The van der Waals surface area contributed by atoms with E-state index in [1.54, 1.807) is 4.83 Å². The molecule has 0 radical (unpaired) electrons. The SMILES string of the molecule is O=S(=O)(N/N=C\[C@H](O)[C@@H](O)[C@H](O)[C@H](O)CO)N(CCCl)CCCl. The van der Waals surface area contributed by atoms with Crippen LogP contribution in [-0.2, 0) is 10.2 Å². The van der Waals surface area contributed by atoms with Crippen LogP contribution < -0.4 is 4.83 Å². The van der Waals surface area contributed by atoms with Crippen molar-refractivity contribution in [1.82, 2.24) is 9.14 Å². The molecule has 23 heavy (non-hydrogen) atoms. The van der Waals surface area contributed by atoms with Crippen LogP contribution in [0.25, 0.3) is 0 Å². The Hall–Kier alpha value is -0.240. The van der Waals surface area contributed by atoms with Crippen LogP contribution in [0.2, 0.25) is 0 Å². The van der Waals surface area contributed by atoms with Crippen molar-refractivity contribution in [3.05, 3.63) is 0 Å². The van der Waals surface area contributed by atoms with Gasteiger partial charge in [-0.3, -0.25) is 0 Å². The second-order valence-corrected chi connectivity index (χ2v) is 6.78. The van der Waals surface area contributed by atoms with Crippen molar-refractivity contribution < 1.29 is 34.0 Å². The summed E-state index contributed by atoms with van der Waals surface area (Å²) < 4.78 is 24.7. The van der Waals surface area contributed by atoms with E-state index in [4.69, 9.17) is 33.4 Å². The molecule has 0 heterocycles. The number of alkyl halides is 2. The van der Waals surface area contributed by atoms with Crippen molar-refractivity contribution in [2.75, 3.05) is 31.5 Å². The fourth-order valence-electron chi connectivity index (χ4n) is 1.40. The molecule has 13 heteroatoms. The third kappa shape index (κ3) is 7.92. The molecular formula is C10H21Cl2N3O7S. The van der Waals surface area contributed by atoms with Crippen molar-refractivity contribution in [3.63, 3.8) is 0 Å². The maximum absolute atomic E-state index is 11.9. The van der Waals surface area contributed by atoms with E-state index in [9.17, 15) is 23.7 Å². The Labute approximate surface area is 144 Å². The Morgan fingerprint density at radius 3 is 2.04 bits per heavy atom. The molecule has 0 aliphatic carbocycles. The van der Waals surface area contributed by atoms with E-state index in [0.29, 0.717) is 6.21 Å². The molecule has 10 nitrogen and oxygen atoms in total. The molecule has 0 rings (SSSR count). The number of aliphatic hydroxyl groups excluding tert-OH is 5. The lowest BCUT2D eigenvalue weighted by Gasteiger charge is -2.23. The van der Waals surface area contributed by atoms with Gasteiger partial charge in [0.1, 0.15) is 24.4 Å². The minimum atomic E-state index is -4.04. The summed E-state index contributed by atoms with van der Waals surface area (Å²) in [5, 5.41) is 49.4. The second-order valence-electron chi connectivity index (χ2n) is 4.37. The number of hydrogen-bond acceptors (Lipinski definition) is 8. The van der Waals surface area contributed by atoms with Crippen molar-refractivity contribution in [3.8, 4) is 0 Å². The van der Waals surface area contributed by atoms with Gasteiger partial charge in [0.15, 0.2) is 0 Å². The van der Waals surface area contributed by atoms with E-state index in [-0.39, 0.29) is 24.8 Å². The minimum absolute atomic E-state index is 0.00822. The highest BCUT2D eigenvalue weighted by Gasteiger charge is 2.29. The summed E-state index contributed by atoms with van der Waals surface area (Å²) >= 11 is 11.0. The molecule has 0 aromatic heterocycles. The minimum Gasteiger partial charge on any atom is -0.394 e. The van der Waals surface area contributed by atoms with Gasteiger partial charge in [-0.05, 0) is 0 Å². The first-order chi connectivity index (χ1) is 10.7. The Morgan fingerprint density at radius 2 is 1.61 bits per heavy atom. The molecule has 0 fully saturated rings. The van der Waals surface area contributed by atoms with Gasteiger partial charge in [0, 0.05) is 24.8 Å². The van der Waals surface area contributed by atoms with Crippen molar-refractivity contribution in [2.45, 2.75) is 24.4 Å². The fraction of sp³-hybridized carbons (Fsp3) is 0.900. The molecule has 138 valence electrons. The van der Waals surface area contributed by atoms with E-state index < -0.39 is 41.2 Å². The predicted molar refractivity (Wildman–Crippen MR) is 84.7 cm³/mol. The average Bonchev–Trinajstić information content (AvgIpc) is 2.52. The molecule has 0 aromatic carbocycles. The van der Waals surface area contributed by atoms with Gasteiger partial charge in [0.05, 0.1) is 12.8 Å². The number of nitrogens with zero attached hydrogens (tertiary/aromatic N) is 2. The molecule has 0 amide bonds. The van der Waals surface area contributed by atoms with Crippen LogP contribution in [0.1, 0.15) is 0 Å². The Bertz CT molecular complexity index is 448. The maximum atomic E-state index is 11.9. The number of rotatable bonds is 12. The summed E-state index contributed by atoms with van der Waals surface area (Å²) in [5.41, 5.74) is 0. The van der Waals surface area contributed by atoms with Gasteiger partial charge in [0.2, 0.25) is 0 Å². The number of aliphatic hydroxyl groups is 5. The summed E-state index contributed by atoms with van der Waals surface area (Å²) in [6.45, 7) is -0.849. The molecule has 6 N–H and O–H groups in total. The first-order valence-electron chi connectivity index (χ1n) is 6.46. The summed E-state index contributed by atoms with van der Waals surface area (Å²) in [6.07, 6.45) is -6.57. The van der Waals surface area contributed by atoms with Crippen LogP contribution in [0.3, 0.4) is 0 Å². The van der Waals surface area contributed by atoms with Crippen LogP contribution in [0.5, 0.6) is 0 Å². The van der Waals surface area contributed by atoms with Crippen LogP contribution in [0.15, 0.2) is 5.10 Å². The zero-order valence-corrected chi connectivity index (χ0v) is 14.4. The summed E-state index contributed by atoms with van der Waals surface area (Å²) in [4.78, 5) is 1.78. The van der Waals surface area contributed by atoms with Gasteiger partial charge in [0.25, 0.3) is 0 Å². The highest BCUT2D eigenvalue weighted by atomic mass is 35.5. The number of halogens is 2. The molecule has 0 spiro atoms. The van der Waals surface area contributed by atoms with Gasteiger partial charge in [-0.1, -0.05) is 0 Å². The Kier molecular flexibility index (Phi) is 11.2. The van der Waals surface area contributed by atoms with E-state index in [2.05, 4.69) is 5.10 Å². The molecular weight excluding hydrogens is 377 g/mol. The number of hydrogen-bond donors (Lipinski definition) is 6. The van der Waals surface area contributed by atoms with Crippen molar-refractivity contribution >= 4 is 39.6 Å². The van der Waals surface area contributed by atoms with Crippen LogP contribution >= 0.6 is 23.2 Å². The molecule has 0 aromatic rings. The maximum Gasteiger partial charge on any atom is 0.316 e. The first kappa shape index (κ1) is 22.8. The highest BCUT2D eigenvalue weighted by Crippen LogP contribution is 2.04. The zero-order chi connectivity index (χ0) is 18.0. The lowest BCUT2D eigenvalue weighted by atomic mass is 10.0. The molecule has 4 atom stereocenters. The van der Waals surface area contributed by atoms with Crippen molar-refractivity contribution in [1.29, 1.82) is 0 Å². The molecule has 0 aliphatic heterocycles. The summed E-state index contributed by atoms with van der Waals surface area (Å²) in [5.74, 6) is 0.0716. The van der Waals surface area contributed by atoms with E-state index in [1.807, 2.05) is 0 Å². The predicted octanol–water partition coefficient (Wildman–Crippen LogP) is -2.98. The molecule has 0 bridgehead atoms. The van der Waals surface area contributed by atoms with Gasteiger partial charge < -0.3 is 25.5 Å². The van der Waals surface area contributed by atoms with E-state index in [1.165, 1.54) is 0 Å². The van der Waals surface area contributed by atoms with E-state index >= 15 is 0 Å². The number of nitrogens with one attached hydrogen (secondary N) is 1. The van der Waals surface area contributed by atoms with Crippen LogP contribution in [-0.4, -0.2) is 100 Å². The summed E-state index contributed by atoms with van der Waals surface area (Å²) in [6, 6.07) is 0. The fourth-order valence-corrected chi connectivity index (χ4v) is 2.98. The largest absolute Gasteiger partial charge is 0.394 e. The van der Waals surface area contributed by atoms with Crippen molar-refractivity contribution in [2.24, 2.45) is 5.10 Å². The lowest BCUT2D eigenvalue weighted by Crippen LogP contribution is -2.46. The average molecular weight is 398 g/mol. The zero-order valence-electron chi connectivity index (χ0n) is 12.0. The molecule has 0 aliphatic rings. The van der Waals surface area contributed by atoms with Gasteiger partial charge in [-0.25, -0.2) is 0 Å². The highest BCUT2D eigenvalue weighted by molar-refractivity contribution is 7.87. The third-order valence-corrected chi connectivity index (χ3v) is 4.40. The molecule has 0 saturated carbocycles. The number of hydrazone groups is 1. The summed E-state index contributed by atoms with van der Waals surface area (Å²) in [7, 11) is -4.04. The van der Waals surface area contributed by atoms with Crippen LogP contribution in [0, 0.1) is 0 Å². The van der Waals surface area contributed by atoms with Gasteiger partial charge >= 0.3 is 10.2 Å². The van der Waals surface area contributed by atoms with E-state index in [0.717, 1.165) is 4.31 Å².